The van der Waals surface area contributed by atoms with E-state index in [1.807, 2.05) is 30.3 Å². The smallest absolute Gasteiger partial charge is 0.143 e. The van der Waals surface area contributed by atoms with Crippen LogP contribution in [0.5, 0.6) is 5.75 Å². The molecule has 0 aromatic heterocycles. The van der Waals surface area contributed by atoms with Gasteiger partial charge in [-0.05, 0) is 36.2 Å². The molecule has 0 saturated carbocycles. The summed E-state index contributed by atoms with van der Waals surface area (Å²) in [6.45, 7) is 2.11. The van der Waals surface area contributed by atoms with Gasteiger partial charge in [0.15, 0.2) is 0 Å². The molecule has 0 amide bonds. The highest BCUT2D eigenvalue weighted by molar-refractivity contribution is 6.30. The first-order valence-corrected chi connectivity index (χ1v) is 7.16. The molecule has 0 saturated heterocycles. The third kappa shape index (κ3) is 3.68. The predicted molar refractivity (Wildman–Crippen MR) is 85.8 cm³/mol. The molecular weight excluding hydrogens is 284 g/mol. The van der Waals surface area contributed by atoms with Gasteiger partial charge in [-0.3, -0.25) is 0 Å². The number of hydrogen-bond acceptors (Lipinski definition) is 3. The molecule has 0 aliphatic heterocycles. The molecule has 0 fully saturated rings. The molecule has 0 spiro atoms. The summed E-state index contributed by atoms with van der Waals surface area (Å²) in [4.78, 5) is 0. The second-order valence-electron chi connectivity index (χ2n) is 4.69. The lowest BCUT2D eigenvalue weighted by atomic mass is 10.0. The van der Waals surface area contributed by atoms with Gasteiger partial charge in [-0.15, -0.1) is 0 Å². The predicted octanol–water partition coefficient (Wildman–Crippen LogP) is 4.78. The van der Waals surface area contributed by atoms with E-state index in [2.05, 4.69) is 18.3 Å². The minimum absolute atomic E-state index is 0.130. The lowest BCUT2D eigenvalue weighted by Gasteiger charge is -2.20. The Morgan fingerprint density at radius 1 is 1.29 bits per heavy atom. The van der Waals surface area contributed by atoms with Crippen LogP contribution < -0.4 is 10.1 Å². The number of hydrogen-bond donors (Lipinski definition) is 1. The Hall–Kier alpha value is -2.18. The number of anilines is 1. The summed E-state index contributed by atoms with van der Waals surface area (Å²) in [7, 11) is 1.60. The van der Waals surface area contributed by atoms with Crippen molar-refractivity contribution >= 4 is 17.3 Å². The van der Waals surface area contributed by atoms with Gasteiger partial charge >= 0.3 is 0 Å². The van der Waals surface area contributed by atoms with Crippen LogP contribution in [0, 0.1) is 11.3 Å². The molecule has 2 rings (SSSR count). The molecule has 108 valence electrons. The van der Waals surface area contributed by atoms with Crippen LogP contribution in [0.4, 0.5) is 5.69 Å². The fourth-order valence-electron chi connectivity index (χ4n) is 2.21. The van der Waals surface area contributed by atoms with Crippen molar-refractivity contribution in [1.29, 1.82) is 5.26 Å². The number of ether oxygens (including phenoxy) is 1. The molecule has 0 aliphatic carbocycles. The van der Waals surface area contributed by atoms with E-state index in [4.69, 9.17) is 21.6 Å². The summed E-state index contributed by atoms with van der Waals surface area (Å²) in [6.07, 6.45) is 0.906. The van der Waals surface area contributed by atoms with Crippen LogP contribution in [0.1, 0.15) is 30.5 Å². The second-order valence-corrected chi connectivity index (χ2v) is 5.12. The van der Waals surface area contributed by atoms with E-state index in [-0.39, 0.29) is 6.04 Å². The molecule has 0 bridgehead atoms. The maximum Gasteiger partial charge on any atom is 0.143 e. The summed E-state index contributed by atoms with van der Waals surface area (Å²) in [5, 5.41) is 13.1. The van der Waals surface area contributed by atoms with Crippen molar-refractivity contribution in [2.75, 3.05) is 12.4 Å². The van der Waals surface area contributed by atoms with Crippen LogP contribution in [0.25, 0.3) is 0 Å². The van der Waals surface area contributed by atoms with Crippen molar-refractivity contribution in [3.05, 3.63) is 58.6 Å². The molecular formula is C17H17ClN2O. The van der Waals surface area contributed by atoms with Gasteiger partial charge in [-0.25, -0.2) is 0 Å². The van der Waals surface area contributed by atoms with Gasteiger partial charge in [0.05, 0.1) is 30.5 Å². The zero-order valence-corrected chi connectivity index (χ0v) is 12.8. The molecule has 0 aliphatic rings. The van der Waals surface area contributed by atoms with Crippen LogP contribution in [-0.2, 0) is 0 Å². The molecule has 2 aromatic rings. The topological polar surface area (TPSA) is 45.0 Å². The summed E-state index contributed by atoms with van der Waals surface area (Å²) in [5.74, 6) is 0.662. The van der Waals surface area contributed by atoms with Gasteiger partial charge in [0.25, 0.3) is 0 Å². The first kappa shape index (κ1) is 15.2. The molecule has 3 nitrogen and oxygen atoms in total. The molecule has 2 aromatic carbocycles. The van der Waals surface area contributed by atoms with Crippen LogP contribution in [0.15, 0.2) is 42.5 Å². The number of nitriles is 1. The number of methoxy groups -OCH3 is 1. The fraction of sp³-hybridized carbons (Fsp3) is 0.235. The van der Waals surface area contributed by atoms with Crippen LogP contribution >= 0.6 is 11.6 Å². The minimum Gasteiger partial charge on any atom is -0.495 e. The number of rotatable bonds is 5. The van der Waals surface area contributed by atoms with Gasteiger partial charge in [0.2, 0.25) is 0 Å². The first-order valence-electron chi connectivity index (χ1n) is 6.78. The van der Waals surface area contributed by atoms with Gasteiger partial charge in [-0.1, -0.05) is 30.7 Å². The molecule has 1 atom stereocenters. The fourth-order valence-corrected chi connectivity index (χ4v) is 2.41. The average Bonchev–Trinajstić information content (AvgIpc) is 2.52. The zero-order valence-electron chi connectivity index (χ0n) is 12.1. The van der Waals surface area contributed by atoms with Gasteiger partial charge in [0, 0.05) is 11.1 Å². The Bertz CT molecular complexity index is 664. The Morgan fingerprint density at radius 2 is 2.10 bits per heavy atom. The van der Waals surface area contributed by atoms with Gasteiger partial charge < -0.3 is 10.1 Å². The van der Waals surface area contributed by atoms with Gasteiger partial charge in [0.1, 0.15) is 5.75 Å². The van der Waals surface area contributed by atoms with Crippen molar-refractivity contribution in [2.45, 2.75) is 19.4 Å². The monoisotopic (exact) mass is 300 g/mol. The van der Waals surface area contributed by atoms with Crippen molar-refractivity contribution in [2.24, 2.45) is 0 Å². The quantitative estimate of drug-likeness (QED) is 0.864. The van der Waals surface area contributed by atoms with Crippen molar-refractivity contribution in [3.63, 3.8) is 0 Å². The summed E-state index contributed by atoms with van der Waals surface area (Å²) in [6, 6.07) is 15.4. The Kier molecular flexibility index (Phi) is 5.08. The van der Waals surface area contributed by atoms with Crippen molar-refractivity contribution < 1.29 is 4.74 Å². The first-order chi connectivity index (χ1) is 10.2. The van der Waals surface area contributed by atoms with Crippen LogP contribution in [-0.4, -0.2) is 7.11 Å². The summed E-state index contributed by atoms with van der Waals surface area (Å²) in [5.41, 5.74) is 2.56. The number of benzene rings is 2. The lowest BCUT2D eigenvalue weighted by Crippen LogP contribution is -2.10. The average molecular weight is 301 g/mol. The summed E-state index contributed by atoms with van der Waals surface area (Å²) < 4.78 is 5.35. The number of nitrogens with zero attached hydrogens (tertiary/aromatic N) is 1. The zero-order chi connectivity index (χ0) is 15.2. The van der Waals surface area contributed by atoms with Crippen molar-refractivity contribution in [1.82, 2.24) is 0 Å². The molecule has 1 N–H and O–H groups in total. The maximum atomic E-state index is 8.94. The third-order valence-electron chi connectivity index (χ3n) is 3.32. The van der Waals surface area contributed by atoms with E-state index >= 15 is 0 Å². The maximum absolute atomic E-state index is 8.94. The third-order valence-corrected chi connectivity index (χ3v) is 3.55. The Labute approximate surface area is 130 Å². The van der Waals surface area contributed by atoms with E-state index in [0.717, 1.165) is 22.7 Å². The SMILES string of the molecule is CCC(Nc1ccc(C#N)cc1OC)c1cccc(Cl)c1. The van der Waals surface area contributed by atoms with E-state index in [0.29, 0.717) is 11.3 Å². The summed E-state index contributed by atoms with van der Waals surface area (Å²) >= 11 is 6.06. The van der Waals surface area contributed by atoms with E-state index < -0.39 is 0 Å². The number of nitrogens with one attached hydrogen (secondary N) is 1. The lowest BCUT2D eigenvalue weighted by molar-refractivity contribution is 0.415. The van der Waals surface area contributed by atoms with E-state index in [1.54, 1.807) is 19.2 Å². The normalized spacial score (nSPS) is 11.5. The molecule has 0 radical (unpaired) electrons. The minimum atomic E-state index is 0.130. The van der Waals surface area contributed by atoms with Gasteiger partial charge in [-0.2, -0.15) is 5.26 Å². The van der Waals surface area contributed by atoms with E-state index in [9.17, 15) is 0 Å². The highest BCUT2D eigenvalue weighted by Crippen LogP contribution is 2.31. The molecule has 21 heavy (non-hydrogen) atoms. The van der Waals surface area contributed by atoms with Crippen LogP contribution in [0.3, 0.4) is 0 Å². The molecule has 0 heterocycles. The van der Waals surface area contributed by atoms with Crippen LogP contribution in [0.2, 0.25) is 5.02 Å². The Morgan fingerprint density at radius 3 is 2.71 bits per heavy atom. The van der Waals surface area contributed by atoms with E-state index in [1.165, 1.54) is 0 Å². The number of halogens is 1. The highest BCUT2D eigenvalue weighted by atomic mass is 35.5. The van der Waals surface area contributed by atoms with Crippen molar-refractivity contribution in [3.8, 4) is 11.8 Å². The Balaban J connectivity index is 2.29. The second kappa shape index (κ2) is 7.01. The highest BCUT2D eigenvalue weighted by Gasteiger charge is 2.12. The largest absolute Gasteiger partial charge is 0.495 e. The molecule has 1 unspecified atom stereocenters. The standard InChI is InChI=1S/C17H17ClN2O/c1-3-15(13-5-4-6-14(18)10-13)20-16-8-7-12(11-19)9-17(16)21-2/h4-10,15,20H,3H2,1-2H3. The molecule has 4 heteroatoms.